The number of hydrogen-bond acceptors (Lipinski definition) is 1. The molecule has 3 heteroatoms. The third kappa shape index (κ3) is 2.81. The largest absolute Gasteiger partial charge is 0.481 e. The number of carboxylic acid groups (broad SMARTS) is 1. The van der Waals surface area contributed by atoms with Crippen LogP contribution in [-0.4, -0.2) is 11.1 Å². The second-order valence-electron chi connectivity index (χ2n) is 4.10. The van der Waals surface area contributed by atoms with E-state index in [9.17, 15) is 14.3 Å². The Labute approximate surface area is 95.1 Å². The summed E-state index contributed by atoms with van der Waals surface area (Å²) in [4.78, 5) is 11.2. The Balaban J connectivity index is 3.03. The van der Waals surface area contributed by atoms with Gasteiger partial charge in [0.05, 0.1) is 5.92 Å². The maximum atomic E-state index is 13.5. The van der Waals surface area contributed by atoms with Crippen molar-refractivity contribution < 1.29 is 14.3 Å². The van der Waals surface area contributed by atoms with Gasteiger partial charge in [-0.3, -0.25) is 4.79 Å². The molecule has 2 nitrogen and oxygen atoms in total. The summed E-state index contributed by atoms with van der Waals surface area (Å²) in [5.74, 6) is -2.19. The van der Waals surface area contributed by atoms with E-state index in [2.05, 4.69) is 0 Å². The molecule has 0 saturated heterocycles. The molecule has 0 amide bonds. The standard InChI is InChI=1S/C13H17FO2/c1-3-6-9(2)12(13(15)16)10-7-4-5-8-11(10)14/h4-5,7-9,12H,3,6H2,1-2H3,(H,15,16). The third-order valence-electron chi connectivity index (χ3n) is 2.82. The lowest BCUT2D eigenvalue weighted by atomic mass is 9.84. The van der Waals surface area contributed by atoms with Crippen molar-refractivity contribution in [3.8, 4) is 0 Å². The number of rotatable bonds is 5. The summed E-state index contributed by atoms with van der Waals surface area (Å²) in [5.41, 5.74) is 0.288. The highest BCUT2D eigenvalue weighted by molar-refractivity contribution is 5.76. The van der Waals surface area contributed by atoms with Gasteiger partial charge in [-0.1, -0.05) is 38.5 Å². The van der Waals surface area contributed by atoms with Crippen molar-refractivity contribution in [2.45, 2.75) is 32.6 Å². The van der Waals surface area contributed by atoms with Gasteiger partial charge < -0.3 is 5.11 Å². The summed E-state index contributed by atoms with van der Waals surface area (Å²) in [6, 6.07) is 6.11. The van der Waals surface area contributed by atoms with Crippen LogP contribution in [0.3, 0.4) is 0 Å². The lowest BCUT2D eigenvalue weighted by Crippen LogP contribution is -2.20. The molecule has 0 bridgehead atoms. The topological polar surface area (TPSA) is 37.3 Å². The van der Waals surface area contributed by atoms with E-state index in [1.807, 2.05) is 13.8 Å². The minimum Gasteiger partial charge on any atom is -0.481 e. The Hall–Kier alpha value is -1.38. The highest BCUT2D eigenvalue weighted by Gasteiger charge is 2.28. The molecule has 1 rings (SSSR count). The maximum absolute atomic E-state index is 13.5. The van der Waals surface area contributed by atoms with E-state index >= 15 is 0 Å². The highest BCUT2D eigenvalue weighted by atomic mass is 19.1. The summed E-state index contributed by atoms with van der Waals surface area (Å²) in [7, 11) is 0. The average Bonchev–Trinajstić information content (AvgIpc) is 2.21. The quantitative estimate of drug-likeness (QED) is 0.832. The monoisotopic (exact) mass is 224 g/mol. The zero-order valence-corrected chi connectivity index (χ0v) is 9.61. The van der Waals surface area contributed by atoms with E-state index in [1.165, 1.54) is 6.07 Å². The maximum Gasteiger partial charge on any atom is 0.311 e. The molecule has 1 aromatic rings. The Morgan fingerprint density at radius 1 is 1.44 bits per heavy atom. The third-order valence-corrected chi connectivity index (χ3v) is 2.82. The summed E-state index contributed by atoms with van der Waals surface area (Å²) in [6.45, 7) is 3.85. The Morgan fingerprint density at radius 2 is 2.06 bits per heavy atom. The smallest absolute Gasteiger partial charge is 0.311 e. The minimum atomic E-state index is -0.953. The van der Waals surface area contributed by atoms with Crippen LogP contribution in [0.4, 0.5) is 4.39 Å². The van der Waals surface area contributed by atoms with Gasteiger partial charge >= 0.3 is 5.97 Å². The first kappa shape index (κ1) is 12.7. The molecule has 2 atom stereocenters. The van der Waals surface area contributed by atoms with Crippen LogP contribution in [0.15, 0.2) is 24.3 Å². The van der Waals surface area contributed by atoms with E-state index in [4.69, 9.17) is 0 Å². The summed E-state index contributed by atoms with van der Waals surface area (Å²) >= 11 is 0. The molecular weight excluding hydrogens is 207 g/mol. The van der Waals surface area contributed by atoms with Gasteiger partial charge in [0.1, 0.15) is 5.82 Å². The van der Waals surface area contributed by atoms with Crippen LogP contribution >= 0.6 is 0 Å². The van der Waals surface area contributed by atoms with Gasteiger partial charge in [-0.2, -0.15) is 0 Å². The van der Waals surface area contributed by atoms with E-state index < -0.39 is 17.7 Å². The predicted octanol–water partition coefficient (Wildman–Crippen LogP) is 3.43. The summed E-state index contributed by atoms with van der Waals surface area (Å²) in [5, 5.41) is 9.18. The van der Waals surface area contributed by atoms with Gasteiger partial charge in [0.25, 0.3) is 0 Å². The van der Waals surface area contributed by atoms with E-state index in [0.29, 0.717) is 0 Å². The highest BCUT2D eigenvalue weighted by Crippen LogP contribution is 2.29. The fourth-order valence-electron chi connectivity index (χ4n) is 2.03. The number of aliphatic carboxylic acids is 1. The average molecular weight is 224 g/mol. The second-order valence-corrected chi connectivity index (χ2v) is 4.10. The van der Waals surface area contributed by atoms with E-state index in [1.54, 1.807) is 18.2 Å². The molecule has 1 N–H and O–H groups in total. The predicted molar refractivity (Wildman–Crippen MR) is 60.8 cm³/mol. The van der Waals surface area contributed by atoms with Crippen LogP contribution in [0.2, 0.25) is 0 Å². The molecule has 0 saturated carbocycles. The zero-order chi connectivity index (χ0) is 12.1. The molecule has 0 fully saturated rings. The van der Waals surface area contributed by atoms with Gasteiger partial charge in [-0.05, 0) is 18.4 Å². The van der Waals surface area contributed by atoms with Crippen molar-refractivity contribution in [1.82, 2.24) is 0 Å². The van der Waals surface area contributed by atoms with Crippen LogP contribution in [0.5, 0.6) is 0 Å². The van der Waals surface area contributed by atoms with Gasteiger partial charge in [0.2, 0.25) is 0 Å². The molecule has 0 radical (unpaired) electrons. The lowest BCUT2D eigenvalue weighted by molar-refractivity contribution is -0.140. The number of carboxylic acids is 1. The number of hydrogen-bond donors (Lipinski definition) is 1. The molecule has 1 aromatic carbocycles. The van der Waals surface area contributed by atoms with Crippen LogP contribution in [0.25, 0.3) is 0 Å². The SMILES string of the molecule is CCCC(C)C(C(=O)O)c1ccccc1F. The summed E-state index contributed by atoms with van der Waals surface area (Å²) < 4.78 is 13.5. The van der Waals surface area contributed by atoms with E-state index in [0.717, 1.165) is 12.8 Å². The molecule has 0 heterocycles. The van der Waals surface area contributed by atoms with Crippen molar-refractivity contribution >= 4 is 5.97 Å². The Bertz CT molecular complexity index is 363. The molecular formula is C13H17FO2. The number of carbonyl (C=O) groups is 1. The molecule has 88 valence electrons. The van der Waals surface area contributed by atoms with Crippen LogP contribution in [0, 0.1) is 11.7 Å². The molecule has 0 aliphatic rings. The molecule has 0 aliphatic carbocycles. The fourth-order valence-corrected chi connectivity index (χ4v) is 2.03. The first-order chi connectivity index (χ1) is 7.57. The van der Waals surface area contributed by atoms with Gasteiger partial charge in [0, 0.05) is 5.56 Å². The molecule has 0 spiro atoms. The molecule has 16 heavy (non-hydrogen) atoms. The Morgan fingerprint density at radius 3 is 2.56 bits per heavy atom. The zero-order valence-electron chi connectivity index (χ0n) is 9.61. The van der Waals surface area contributed by atoms with Crippen LogP contribution in [0.1, 0.15) is 38.2 Å². The van der Waals surface area contributed by atoms with E-state index in [-0.39, 0.29) is 11.5 Å². The first-order valence-corrected chi connectivity index (χ1v) is 5.55. The van der Waals surface area contributed by atoms with Crippen molar-refractivity contribution in [3.05, 3.63) is 35.6 Å². The van der Waals surface area contributed by atoms with Gasteiger partial charge in [0.15, 0.2) is 0 Å². The first-order valence-electron chi connectivity index (χ1n) is 5.55. The normalized spacial score (nSPS) is 14.4. The molecule has 0 aliphatic heterocycles. The van der Waals surface area contributed by atoms with Crippen LogP contribution in [-0.2, 0) is 4.79 Å². The number of benzene rings is 1. The second kappa shape index (κ2) is 5.64. The summed E-state index contributed by atoms with van der Waals surface area (Å²) in [6.07, 6.45) is 1.69. The van der Waals surface area contributed by atoms with Crippen molar-refractivity contribution in [2.75, 3.05) is 0 Å². The van der Waals surface area contributed by atoms with Gasteiger partial charge in [-0.25, -0.2) is 4.39 Å². The molecule has 0 aromatic heterocycles. The van der Waals surface area contributed by atoms with Crippen molar-refractivity contribution in [3.63, 3.8) is 0 Å². The van der Waals surface area contributed by atoms with Crippen molar-refractivity contribution in [2.24, 2.45) is 5.92 Å². The minimum absolute atomic E-state index is 0.0561. The van der Waals surface area contributed by atoms with Gasteiger partial charge in [-0.15, -0.1) is 0 Å². The van der Waals surface area contributed by atoms with Crippen LogP contribution < -0.4 is 0 Å². The number of halogens is 1. The molecule has 2 unspecified atom stereocenters. The fraction of sp³-hybridized carbons (Fsp3) is 0.462. The lowest BCUT2D eigenvalue weighted by Gasteiger charge is -2.20. The Kier molecular flexibility index (Phi) is 4.47. The van der Waals surface area contributed by atoms with Crippen molar-refractivity contribution in [1.29, 1.82) is 0 Å².